The summed E-state index contributed by atoms with van der Waals surface area (Å²) in [4.78, 5) is 5.06. The Bertz CT molecular complexity index is 608. The zero-order chi connectivity index (χ0) is 20.1. The first-order valence-corrected chi connectivity index (χ1v) is 11.0. The van der Waals surface area contributed by atoms with Crippen LogP contribution in [0.25, 0.3) is 0 Å². The second-order valence-corrected chi connectivity index (χ2v) is 9.33. The third-order valence-corrected chi connectivity index (χ3v) is 6.12. The van der Waals surface area contributed by atoms with Gasteiger partial charge in [0.15, 0.2) is 5.11 Å². The Morgan fingerprint density at radius 1 is 1.11 bits per heavy atom. The molecule has 1 aliphatic rings. The molecule has 1 fully saturated rings. The number of hydrogen-bond acceptors (Lipinski definition) is 2. The van der Waals surface area contributed by atoms with Gasteiger partial charge in [-0.05, 0) is 83.1 Å². The van der Waals surface area contributed by atoms with Crippen LogP contribution < -0.4 is 5.32 Å². The van der Waals surface area contributed by atoms with E-state index in [-0.39, 0.29) is 0 Å². The number of thiocarbonyl (C=S) groups is 1. The highest BCUT2D eigenvalue weighted by Crippen LogP contribution is 2.25. The molecule has 0 bridgehead atoms. The molecule has 0 amide bonds. The minimum absolute atomic E-state index is 0.546. The van der Waals surface area contributed by atoms with Gasteiger partial charge in [0.1, 0.15) is 0 Å². The first-order valence-electron chi connectivity index (χ1n) is 10.6. The third-order valence-electron chi connectivity index (χ3n) is 5.79. The minimum atomic E-state index is 0.546. The van der Waals surface area contributed by atoms with Crippen LogP contribution in [-0.4, -0.2) is 46.6 Å². The molecule has 1 saturated heterocycles. The molecule has 1 aromatic rings. The second-order valence-electron chi connectivity index (χ2n) is 8.94. The van der Waals surface area contributed by atoms with Crippen LogP contribution in [0.5, 0.6) is 0 Å². The quantitative estimate of drug-likeness (QED) is 0.645. The number of piperidine rings is 1. The van der Waals surface area contributed by atoms with Gasteiger partial charge < -0.3 is 15.1 Å². The van der Waals surface area contributed by atoms with Gasteiger partial charge in [-0.1, -0.05) is 31.5 Å². The Hall–Kier alpha value is -1.13. The van der Waals surface area contributed by atoms with E-state index in [0.29, 0.717) is 18.0 Å². The minimum Gasteiger partial charge on any atom is -0.346 e. The average Bonchev–Trinajstić information content (AvgIpc) is 2.58. The van der Waals surface area contributed by atoms with E-state index < -0.39 is 0 Å². The van der Waals surface area contributed by atoms with E-state index in [1.165, 1.54) is 54.7 Å². The van der Waals surface area contributed by atoms with Gasteiger partial charge >= 0.3 is 0 Å². The number of rotatable bonds is 6. The molecule has 0 radical (unpaired) electrons. The fourth-order valence-corrected chi connectivity index (χ4v) is 4.46. The van der Waals surface area contributed by atoms with E-state index in [1.54, 1.807) is 0 Å². The van der Waals surface area contributed by atoms with Crippen molar-refractivity contribution in [2.75, 3.05) is 25.0 Å². The molecule has 152 valence electrons. The van der Waals surface area contributed by atoms with Gasteiger partial charge in [-0.15, -0.1) is 0 Å². The van der Waals surface area contributed by atoms with Crippen LogP contribution in [0, 0.1) is 26.7 Å². The smallest absolute Gasteiger partial charge is 0.173 e. The first-order chi connectivity index (χ1) is 12.7. The van der Waals surface area contributed by atoms with Gasteiger partial charge in [0.2, 0.25) is 0 Å². The van der Waals surface area contributed by atoms with Gasteiger partial charge in [-0.3, -0.25) is 0 Å². The maximum absolute atomic E-state index is 5.92. The van der Waals surface area contributed by atoms with Gasteiger partial charge in [0.25, 0.3) is 0 Å². The predicted molar refractivity (Wildman–Crippen MR) is 123 cm³/mol. The molecule has 4 heteroatoms. The van der Waals surface area contributed by atoms with Gasteiger partial charge in [-0.25, -0.2) is 0 Å². The monoisotopic (exact) mass is 389 g/mol. The highest BCUT2D eigenvalue weighted by molar-refractivity contribution is 7.80. The number of hydrogen-bond donors (Lipinski definition) is 1. The molecule has 0 saturated carbocycles. The SMILES string of the molecule is Cc1cc(C)c(NC(=S)N(CCC(C)C)C2CCN(C(C)C)CC2)c(C)c1. The maximum Gasteiger partial charge on any atom is 0.173 e. The van der Waals surface area contributed by atoms with Crippen LogP contribution in [0.2, 0.25) is 0 Å². The molecule has 1 aromatic carbocycles. The largest absolute Gasteiger partial charge is 0.346 e. The van der Waals surface area contributed by atoms with Gasteiger partial charge in [0.05, 0.1) is 0 Å². The summed E-state index contributed by atoms with van der Waals surface area (Å²) in [5.74, 6) is 0.689. The zero-order valence-electron chi connectivity index (χ0n) is 18.4. The van der Waals surface area contributed by atoms with E-state index in [1.807, 2.05) is 0 Å². The molecule has 1 heterocycles. The molecule has 0 atom stereocenters. The lowest BCUT2D eigenvalue weighted by atomic mass is 10.0. The molecular formula is C23H39N3S. The first kappa shape index (κ1) is 22.2. The van der Waals surface area contributed by atoms with Crippen LogP contribution in [0.3, 0.4) is 0 Å². The highest BCUT2D eigenvalue weighted by atomic mass is 32.1. The Morgan fingerprint density at radius 3 is 2.15 bits per heavy atom. The molecule has 0 unspecified atom stereocenters. The van der Waals surface area contributed by atoms with Crippen LogP contribution in [0.4, 0.5) is 5.69 Å². The molecule has 1 N–H and O–H groups in total. The van der Waals surface area contributed by atoms with Gasteiger partial charge in [-0.2, -0.15) is 0 Å². The number of anilines is 1. The summed E-state index contributed by atoms with van der Waals surface area (Å²) in [6.45, 7) is 19.1. The Labute approximate surface area is 172 Å². The van der Waals surface area contributed by atoms with Crippen LogP contribution in [-0.2, 0) is 0 Å². The standard InChI is InChI=1S/C23H39N3S/c1-16(2)8-13-26(21-9-11-25(12-10-21)17(3)4)23(27)24-22-19(6)14-18(5)15-20(22)7/h14-17,21H,8-13H2,1-7H3,(H,24,27). The summed E-state index contributed by atoms with van der Waals surface area (Å²) in [7, 11) is 0. The van der Waals surface area contributed by atoms with Crippen LogP contribution in [0.15, 0.2) is 12.1 Å². The van der Waals surface area contributed by atoms with E-state index in [2.05, 4.69) is 75.7 Å². The van der Waals surface area contributed by atoms with E-state index in [0.717, 1.165) is 11.7 Å². The van der Waals surface area contributed by atoms with E-state index in [9.17, 15) is 0 Å². The van der Waals surface area contributed by atoms with Crippen molar-refractivity contribution < 1.29 is 0 Å². The topological polar surface area (TPSA) is 18.5 Å². The normalized spacial score (nSPS) is 16.2. The third kappa shape index (κ3) is 6.18. The fraction of sp³-hybridized carbons (Fsp3) is 0.696. The molecule has 3 nitrogen and oxygen atoms in total. The summed E-state index contributed by atoms with van der Waals surface area (Å²) >= 11 is 5.92. The summed E-state index contributed by atoms with van der Waals surface area (Å²) < 4.78 is 0. The van der Waals surface area contributed by atoms with Crippen molar-refractivity contribution in [2.24, 2.45) is 5.92 Å². The summed E-state index contributed by atoms with van der Waals surface area (Å²) in [6, 6.07) is 5.65. The maximum atomic E-state index is 5.92. The van der Waals surface area contributed by atoms with Gasteiger partial charge in [0, 0.05) is 37.4 Å². The Kier molecular flexibility index (Phi) is 8.11. The zero-order valence-corrected chi connectivity index (χ0v) is 19.2. The Morgan fingerprint density at radius 2 is 1.67 bits per heavy atom. The molecular weight excluding hydrogens is 350 g/mol. The number of likely N-dealkylation sites (tertiary alicyclic amines) is 1. The number of nitrogens with zero attached hydrogens (tertiary/aromatic N) is 2. The lowest BCUT2D eigenvalue weighted by molar-refractivity contribution is 0.126. The molecule has 0 aromatic heterocycles. The summed E-state index contributed by atoms with van der Waals surface area (Å²) in [5, 5.41) is 4.50. The fourth-order valence-electron chi connectivity index (χ4n) is 4.12. The summed E-state index contributed by atoms with van der Waals surface area (Å²) in [5.41, 5.74) is 5.03. The average molecular weight is 390 g/mol. The van der Waals surface area contributed by atoms with Crippen molar-refractivity contribution >= 4 is 23.0 Å². The number of aryl methyl sites for hydroxylation is 3. The Balaban J connectivity index is 2.12. The molecule has 0 aliphatic carbocycles. The summed E-state index contributed by atoms with van der Waals surface area (Å²) in [6.07, 6.45) is 3.58. The molecule has 27 heavy (non-hydrogen) atoms. The number of nitrogens with one attached hydrogen (secondary N) is 1. The van der Waals surface area contributed by atoms with Crippen molar-refractivity contribution in [3.8, 4) is 0 Å². The van der Waals surface area contributed by atoms with E-state index >= 15 is 0 Å². The number of benzene rings is 1. The van der Waals surface area contributed by atoms with Crippen molar-refractivity contribution in [3.05, 3.63) is 28.8 Å². The van der Waals surface area contributed by atoms with Crippen molar-refractivity contribution in [3.63, 3.8) is 0 Å². The lowest BCUT2D eigenvalue weighted by Gasteiger charge is -2.41. The van der Waals surface area contributed by atoms with E-state index in [4.69, 9.17) is 12.2 Å². The van der Waals surface area contributed by atoms with Crippen LogP contribution >= 0.6 is 12.2 Å². The van der Waals surface area contributed by atoms with Crippen molar-refractivity contribution in [2.45, 2.75) is 79.8 Å². The molecule has 2 rings (SSSR count). The predicted octanol–water partition coefficient (Wildman–Crippen LogP) is 5.53. The van der Waals surface area contributed by atoms with Crippen molar-refractivity contribution in [1.29, 1.82) is 0 Å². The van der Waals surface area contributed by atoms with Crippen LogP contribution in [0.1, 0.15) is 63.6 Å². The molecule has 1 aliphatic heterocycles. The molecule has 0 spiro atoms. The lowest BCUT2D eigenvalue weighted by Crippen LogP contribution is -2.50. The van der Waals surface area contributed by atoms with Crippen molar-refractivity contribution in [1.82, 2.24) is 9.80 Å². The second kappa shape index (κ2) is 9.88. The highest BCUT2D eigenvalue weighted by Gasteiger charge is 2.27.